The van der Waals surface area contributed by atoms with Gasteiger partial charge in [0.1, 0.15) is 11.8 Å². The molecule has 0 aromatic heterocycles. The number of hydrogen-bond donors (Lipinski definition) is 3. The molecule has 0 spiro atoms. The van der Waals surface area contributed by atoms with E-state index in [4.69, 9.17) is 16.3 Å². The lowest BCUT2D eigenvalue weighted by Gasteiger charge is -2.34. The summed E-state index contributed by atoms with van der Waals surface area (Å²) in [5.74, 6) is -0.218. The van der Waals surface area contributed by atoms with Gasteiger partial charge in [0.25, 0.3) is 0 Å². The molecule has 1 atom stereocenters. The van der Waals surface area contributed by atoms with Crippen LogP contribution in [-0.2, 0) is 22.2 Å². The number of likely N-dealkylation sites (tertiary alicyclic amines) is 1. The summed E-state index contributed by atoms with van der Waals surface area (Å²) in [5.41, 5.74) is -0.326. The van der Waals surface area contributed by atoms with Gasteiger partial charge in [0, 0.05) is 31.1 Å². The Balaban J connectivity index is 1.42. The zero-order valence-corrected chi connectivity index (χ0v) is 23.5. The number of alkyl halides is 3. The van der Waals surface area contributed by atoms with Crippen molar-refractivity contribution in [2.24, 2.45) is 5.92 Å². The van der Waals surface area contributed by atoms with Gasteiger partial charge in [0.05, 0.1) is 23.4 Å². The minimum absolute atomic E-state index is 0.111. The highest BCUT2D eigenvalue weighted by molar-refractivity contribution is 6.34. The number of hydrogen-bond acceptors (Lipinski definition) is 4. The van der Waals surface area contributed by atoms with E-state index in [-0.39, 0.29) is 36.4 Å². The quantitative estimate of drug-likeness (QED) is 0.295. The van der Waals surface area contributed by atoms with Crippen LogP contribution in [0.4, 0.5) is 29.3 Å². The van der Waals surface area contributed by atoms with Crippen molar-refractivity contribution < 1.29 is 32.3 Å². The molecule has 1 heterocycles. The number of anilines is 2. The van der Waals surface area contributed by atoms with E-state index in [2.05, 4.69) is 16.0 Å². The molecule has 3 N–H and O–H groups in total. The molecule has 12 heteroatoms. The zero-order valence-electron chi connectivity index (χ0n) is 22.7. The minimum Gasteiger partial charge on any atom is -0.497 e. The number of methoxy groups -OCH3 is 1. The van der Waals surface area contributed by atoms with Gasteiger partial charge in [-0.1, -0.05) is 48.0 Å². The third kappa shape index (κ3) is 7.94. The van der Waals surface area contributed by atoms with Crippen LogP contribution in [0.2, 0.25) is 5.02 Å². The highest BCUT2D eigenvalue weighted by atomic mass is 35.5. The predicted molar refractivity (Wildman–Crippen MR) is 153 cm³/mol. The number of ether oxygens (including phenoxy) is 1. The number of benzene rings is 3. The summed E-state index contributed by atoms with van der Waals surface area (Å²) in [5, 5.41) is 7.30. The number of carbonyl (C=O) groups is 3. The summed E-state index contributed by atoms with van der Waals surface area (Å²) in [6.07, 6.45) is -3.82. The van der Waals surface area contributed by atoms with Gasteiger partial charge >= 0.3 is 12.2 Å². The Morgan fingerprint density at radius 1 is 0.952 bits per heavy atom. The molecule has 222 valence electrons. The van der Waals surface area contributed by atoms with Crippen molar-refractivity contribution in [1.29, 1.82) is 0 Å². The van der Waals surface area contributed by atoms with E-state index in [1.807, 2.05) is 0 Å². The van der Waals surface area contributed by atoms with Crippen LogP contribution in [0.5, 0.6) is 5.75 Å². The third-order valence-electron chi connectivity index (χ3n) is 6.98. The molecule has 1 saturated heterocycles. The van der Waals surface area contributed by atoms with Gasteiger partial charge in [-0.2, -0.15) is 13.2 Å². The van der Waals surface area contributed by atoms with E-state index in [1.54, 1.807) is 66.6 Å². The summed E-state index contributed by atoms with van der Waals surface area (Å²) < 4.78 is 45.7. The number of para-hydroxylation sites is 1. The molecule has 3 aromatic rings. The topological polar surface area (TPSA) is 99.8 Å². The maximum atomic E-state index is 13.6. The van der Waals surface area contributed by atoms with Gasteiger partial charge in [0.15, 0.2) is 0 Å². The second kappa shape index (κ2) is 13.6. The Kier molecular flexibility index (Phi) is 9.95. The molecule has 0 radical (unpaired) electrons. The Hall–Kier alpha value is -4.25. The Morgan fingerprint density at radius 2 is 1.62 bits per heavy atom. The van der Waals surface area contributed by atoms with Crippen LogP contribution < -0.4 is 20.7 Å². The van der Waals surface area contributed by atoms with Crippen LogP contribution in [0.3, 0.4) is 0 Å². The number of halogens is 4. The van der Waals surface area contributed by atoms with Gasteiger partial charge in [-0.15, -0.1) is 0 Å². The summed E-state index contributed by atoms with van der Waals surface area (Å²) in [6.45, 7) is 0.549. The largest absolute Gasteiger partial charge is 0.497 e. The second-order valence-corrected chi connectivity index (χ2v) is 10.2. The molecule has 1 fully saturated rings. The Bertz CT molecular complexity index is 1400. The molecule has 0 unspecified atom stereocenters. The fourth-order valence-electron chi connectivity index (χ4n) is 4.75. The van der Waals surface area contributed by atoms with Crippen LogP contribution in [-0.4, -0.2) is 49.0 Å². The predicted octanol–water partition coefficient (Wildman–Crippen LogP) is 5.98. The van der Waals surface area contributed by atoms with Gasteiger partial charge in [-0.25, -0.2) is 4.79 Å². The third-order valence-corrected chi connectivity index (χ3v) is 7.29. The van der Waals surface area contributed by atoms with E-state index in [1.165, 1.54) is 6.07 Å². The van der Waals surface area contributed by atoms with E-state index < -0.39 is 35.4 Å². The van der Waals surface area contributed by atoms with Gasteiger partial charge in [-0.05, 0) is 54.8 Å². The van der Waals surface area contributed by atoms with Crippen LogP contribution in [0.15, 0.2) is 72.8 Å². The lowest BCUT2D eigenvalue weighted by atomic mass is 9.94. The molecular weight excluding hydrogens is 573 g/mol. The lowest BCUT2D eigenvalue weighted by Crippen LogP contribution is -2.53. The summed E-state index contributed by atoms with van der Waals surface area (Å²) >= 11 is 5.98. The highest BCUT2D eigenvalue weighted by Crippen LogP contribution is 2.38. The molecule has 0 aliphatic carbocycles. The van der Waals surface area contributed by atoms with Crippen LogP contribution in [0.1, 0.15) is 24.0 Å². The fraction of sp³-hybridized carbons (Fsp3) is 0.300. The standard InChI is InChI=1S/C30H30ClF3N4O4/c1-42-22-12-10-21(11-13-22)35-27(39)20-14-16-38(17-15-20)28(40)25(18-19-6-3-2-4-7-19)36-29(41)37-26-23(30(32,33)34)8-5-9-24(26)31/h2-13,20,25H,14-18H2,1H3,(H,35,39)(H2,36,37,41)/t25-/m1/s1. The van der Waals surface area contributed by atoms with Gasteiger partial charge in [0.2, 0.25) is 11.8 Å². The number of urea groups is 1. The van der Waals surface area contributed by atoms with Crippen molar-refractivity contribution in [2.75, 3.05) is 30.8 Å². The van der Waals surface area contributed by atoms with Crippen LogP contribution in [0.25, 0.3) is 0 Å². The molecule has 0 saturated carbocycles. The van der Waals surface area contributed by atoms with E-state index in [9.17, 15) is 27.6 Å². The minimum atomic E-state index is -4.75. The Morgan fingerprint density at radius 3 is 2.24 bits per heavy atom. The highest BCUT2D eigenvalue weighted by Gasteiger charge is 2.36. The maximum absolute atomic E-state index is 13.6. The molecule has 4 amide bonds. The number of nitrogens with one attached hydrogen (secondary N) is 3. The molecular formula is C30H30ClF3N4O4. The summed E-state index contributed by atoms with van der Waals surface area (Å²) in [6, 6.07) is 17.0. The van der Waals surface area contributed by atoms with Crippen molar-refractivity contribution in [1.82, 2.24) is 10.2 Å². The SMILES string of the molecule is COc1ccc(NC(=O)C2CCN(C(=O)[C@@H](Cc3ccccc3)NC(=O)Nc3c(Cl)cccc3C(F)(F)F)CC2)cc1. The first-order valence-electron chi connectivity index (χ1n) is 13.3. The van der Waals surface area contributed by atoms with Crippen molar-refractivity contribution in [3.8, 4) is 5.75 Å². The van der Waals surface area contributed by atoms with Gasteiger partial charge in [-0.3, -0.25) is 9.59 Å². The van der Waals surface area contributed by atoms with Crippen molar-refractivity contribution >= 4 is 40.8 Å². The molecule has 42 heavy (non-hydrogen) atoms. The number of carbonyl (C=O) groups excluding carboxylic acids is 3. The van der Waals surface area contributed by atoms with Crippen LogP contribution >= 0.6 is 11.6 Å². The van der Waals surface area contributed by atoms with E-state index in [0.29, 0.717) is 24.3 Å². The summed E-state index contributed by atoms with van der Waals surface area (Å²) in [4.78, 5) is 40.9. The van der Waals surface area contributed by atoms with E-state index >= 15 is 0 Å². The first kappa shape index (κ1) is 30.7. The second-order valence-electron chi connectivity index (χ2n) is 9.82. The first-order valence-corrected chi connectivity index (χ1v) is 13.6. The molecule has 4 rings (SSSR count). The number of nitrogens with zero attached hydrogens (tertiary/aromatic N) is 1. The van der Waals surface area contributed by atoms with Crippen molar-refractivity contribution in [3.05, 3.63) is 88.9 Å². The normalized spacial score (nSPS) is 14.5. The summed E-state index contributed by atoms with van der Waals surface area (Å²) in [7, 11) is 1.55. The number of piperidine rings is 1. The molecule has 1 aliphatic heterocycles. The lowest BCUT2D eigenvalue weighted by molar-refractivity contribution is -0.137. The van der Waals surface area contributed by atoms with Crippen LogP contribution in [0, 0.1) is 5.92 Å². The number of amides is 4. The molecule has 8 nitrogen and oxygen atoms in total. The van der Waals surface area contributed by atoms with Crippen molar-refractivity contribution in [2.45, 2.75) is 31.5 Å². The maximum Gasteiger partial charge on any atom is 0.418 e. The monoisotopic (exact) mass is 602 g/mol. The molecule has 0 bridgehead atoms. The molecule has 3 aromatic carbocycles. The van der Waals surface area contributed by atoms with E-state index in [0.717, 1.165) is 17.7 Å². The average Bonchev–Trinajstić information content (AvgIpc) is 2.98. The first-order chi connectivity index (χ1) is 20.0. The van der Waals surface area contributed by atoms with Crippen molar-refractivity contribution in [3.63, 3.8) is 0 Å². The van der Waals surface area contributed by atoms with Gasteiger partial charge < -0.3 is 25.6 Å². The number of rotatable bonds is 8. The molecule has 1 aliphatic rings. The Labute approximate surface area is 246 Å². The zero-order chi connectivity index (χ0) is 30.3. The fourth-order valence-corrected chi connectivity index (χ4v) is 4.97. The smallest absolute Gasteiger partial charge is 0.418 e. The average molecular weight is 603 g/mol.